The third kappa shape index (κ3) is 2.40. The van der Waals surface area contributed by atoms with E-state index in [1.165, 1.54) is 5.56 Å². The number of allylic oxidation sites excluding steroid dienone is 1. The maximum absolute atomic E-state index is 12.3. The summed E-state index contributed by atoms with van der Waals surface area (Å²) in [6.45, 7) is 6.90. The first-order valence-corrected chi connectivity index (χ1v) is 12.6. The van der Waals surface area contributed by atoms with E-state index in [0.29, 0.717) is 29.1 Å². The molecule has 6 heterocycles. The van der Waals surface area contributed by atoms with E-state index in [-0.39, 0.29) is 29.4 Å². The first-order chi connectivity index (χ1) is 16.5. The molecule has 0 aliphatic carbocycles. The molecule has 5 saturated heterocycles. The minimum Gasteiger partial charge on any atom is -0.492 e. The molecule has 5 bridgehead atoms. The Morgan fingerprint density at radius 1 is 1.26 bits per heavy atom. The molecule has 7 rings (SSSR count). The number of hydrogen-bond acceptors (Lipinski definition) is 7. The molecular weight excluding hydrogens is 432 g/mol. The monoisotopic (exact) mass is 464 g/mol. The second-order valence-electron chi connectivity index (χ2n) is 10.7. The quantitative estimate of drug-likeness (QED) is 0.513. The molecule has 6 aliphatic rings. The zero-order valence-corrected chi connectivity index (χ0v) is 20.0. The lowest BCUT2D eigenvalue weighted by molar-refractivity contribution is -0.255. The molecule has 6 unspecified atom stereocenters. The highest BCUT2D eigenvalue weighted by atomic mass is 16.7. The number of nitrogens with one attached hydrogen (secondary N) is 1. The van der Waals surface area contributed by atoms with Crippen LogP contribution in [0.1, 0.15) is 32.3 Å². The second kappa shape index (κ2) is 7.09. The van der Waals surface area contributed by atoms with Gasteiger partial charge in [-0.3, -0.25) is 4.90 Å². The predicted octanol–water partition coefficient (Wildman–Crippen LogP) is 2.73. The number of piperidine rings is 1. The van der Waals surface area contributed by atoms with E-state index in [2.05, 4.69) is 47.5 Å². The number of carbonyl (C=O) groups excluding carboxylic acids is 1. The van der Waals surface area contributed by atoms with Crippen LogP contribution in [0.3, 0.4) is 0 Å². The molecule has 34 heavy (non-hydrogen) atoms. The highest BCUT2D eigenvalue weighted by Gasteiger charge is 2.84. The number of hydrogen-bond donors (Lipinski definition) is 1. The Kier molecular flexibility index (Phi) is 4.37. The second-order valence-corrected chi connectivity index (χ2v) is 10.7. The topological polar surface area (TPSA) is 69.3 Å². The number of nitrogens with zero attached hydrogens (tertiary/aromatic N) is 1. The molecule has 1 aromatic rings. The van der Waals surface area contributed by atoms with Gasteiger partial charge in [-0.15, -0.1) is 0 Å². The minimum absolute atomic E-state index is 0.0140. The third-order valence-corrected chi connectivity index (χ3v) is 9.44. The molecular formula is C27H32N2O5. The Morgan fingerprint density at radius 3 is 2.88 bits per heavy atom. The van der Waals surface area contributed by atoms with Crippen molar-refractivity contribution in [1.82, 2.24) is 10.2 Å². The molecule has 7 heteroatoms. The van der Waals surface area contributed by atoms with Gasteiger partial charge in [0.1, 0.15) is 5.76 Å². The Labute approximate surface area is 200 Å². The van der Waals surface area contributed by atoms with Gasteiger partial charge < -0.3 is 24.3 Å². The van der Waals surface area contributed by atoms with Gasteiger partial charge in [-0.05, 0) is 44.8 Å². The zero-order chi connectivity index (χ0) is 23.2. The van der Waals surface area contributed by atoms with Crippen LogP contribution in [0.2, 0.25) is 0 Å². The summed E-state index contributed by atoms with van der Waals surface area (Å²) in [6, 6.07) is 11.1. The molecule has 0 aromatic heterocycles. The van der Waals surface area contributed by atoms with Crippen molar-refractivity contribution in [1.29, 1.82) is 0 Å². The highest BCUT2D eigenvalue weighted by molar-refractivity contribution is 5.93. The van der Waals surface area contributed by atoms with Gasteiger partial charge in [0.05, 0.1) is 30.2 Å². The predicted molar refractivity (Wildman–Crippen MR) is 123 cm³/mol. The molecule has 1 spiro atoms. The number of cyclic esters (lactones) is 1. The number of fused-ring (bicyclic) bond motifs is 1. The normalized spacial score (nSPS) is 45.2. The van der Waals surface area contributed by atoms with Gasteiger partial charge in [0, 0.05) is 24.4 Å². The molecule has 0 radical (unpaired) electrons. The SMILES string of the molecule is COC1=C(C)C(=O)O/C1=C1\OC23OC4CC([C@H]2[C@@H]1C)N1CCC3C41CNCCc1ccccc1. The van der Waals surface area contributed by atoms with Crippen LogP contribution >= 0.6 is 0 Å². The van der Waals surface area contributed by atoms with E-state index >= 15 is 0 Å². The van der Waals surface area contributed by atoms with Crippen molar-refractivity contribution in [3.8, 4) is 0 Å². The summed E-state index contributed by atoms with van der Waals surface area (Å²) in [7, 11) is 1.58. The molecule has 180 valence electrons. The Bertz CT molecular complexity index is 1120. The zero-order valence-electron chi connectivity index (χ0n) is 20.0. The van der Waals surface area contributed by atoms with Crippen LogP contribution in [0.4, 0.5) is 0 Å². The van der Waals surface area contributed by atoms with Gasteiger partial charge >= 0.3 is 5.97 Å². The first-order valence-electron chi connectivity index (χ1n) is 12.6. The van der Waals surface area contributed by atoms with E-state index in [1.54, 1.807) is 14.0 Å². The van der Waals surface area contributed by atoms with Crippen molar-refractivity contribution >= 4 is 5.97 Å². The van der Waals surface area contributed by atoms with E-state index in [4.69, 9.17) is 18.9 Å². The summed E-state index contributed by atoms with van der Waals surface area (Å²) < 4.78 is 24.9. The van der Waals surface area contributed by atoms with Crippen molar-refractivity contribution in [2.75, 3.05) is 26.7 Å². The average molecular weight is 465 g/mol. The number of esters is 1. The van der Waals surface area contributed by atoms with Crippen molar-refractivity contribution in [2.24, 2.45) is 17.8 Å². The van der Waals surface area contributed by atoms with Crippen LogP contribution in [0.25, 0.3) is 0 Å². The molecule has 8 atom stereocenters. The standard InChI is InChI=1S/C27H32N2O5/c1-15-21-18-13-20-26(14-28-11-9-17-7-5-4-6-8-17)19(10-12-29(18)26)27(21,33-20)34-23(15)24-22(31-3)16(2)25(30)32-24/h4-8,15,18-21,28H,9-14H2,1-3H3/b24-23-/t15-,18?,19?,20?,21+,26?,27?/m0/s1. The van der Waals surface area contributed by atoms with Crippen LogP contribution in [0.15, 0.2) is 53.2 Å². The molecule has 7 nitrogen and oxygen atoms in total. The van der Waals surface area contributed by atoms with Gasteiger partial charge in [-0.2, -0.15) is 0 Å². The smallest absolute Gasteiger partial charge is 0.343 e. The minimum atomic E-state index is -0.634. The number of benzene rings is 1. The van der Waals surface area contributed by atoms with Crippen LogP contribution < -0.4 is 5.32 Å². The Morgan fingerprint density at radius 2 is 2.09 bits per heavy atom. The lowest BCUT2D eigenvalue weighted by Gasteiger charge is -2.48. The van der Waals surface area contributed by atoms with Gasteiger partial charge in [0.2, 0.25) is 11.5 Å². The molecule has 5 fully saturated rings. The Balaban J connectivity index is 1.18. The fraction of sp³-hybridized carbons (Fsp3) is 0.593. The summed E-state index contributed by atoms with van der Waals surface area (Å²) in [4.78, 5) is 15.0. The number of methoxy groups -OCH3 is 1. The largest absolute Gasteiger partial charge is 0.492 e. The lowest BCUT2D eigenvalue weighted by Crippen LogP contribution is -2.64. The van der Waals surface area contributed by atoms with Crippen LogP contribution in [-0.4, -0.2) is 61.1 Å². The fourth-order valence-corrected chi connectivity index (χ4v) is 8.20. The van der Waals surface area contributed by atoms with E-state index in [9.17, 15) is 4.79 Å². The van der Waals surface area contributed by atoms with Crippen LogP contribution in [-0.2, 0) is 30.2 Å². The molecule has 1 N–H and O–H groups in total. The highest BCUT2D eigenvalue weighted by Crippen LogP contribution is 2.72. The average Bonchev–Trinajstić information content (AvgIpc) is 3.55. The first kappa shape index (κ1) is 21.0. The van der Waals surface area contributed by atoms with Crippen LogP contribution in [0.5, 0.6) is 0 Å². The number of rotatable bonds is 6. The number of ether oxygens (including phenoxy) is 4. The van der Waals surface area contributed by atoms with Crippen molar-refractivity contribution < 1.29 is 23.7 Å². The van der Waals surface area contributed by atoms with Gasteiger partial charge in [0.15, 0.2) is 5.76 Å². The molecule has 0 saturated carbocycles. The Hall–Kier alpha value is -2.35. The summed E-state index contributed by atoms with van der Waals surface area (Å²) >= 11 is 0. The van der Waals surface area contributed by atoms with Gasteiger partial charge in [-0.25, -0.2) is 4.79 Å². The summed E-state index contributed by atoms with van der Waals surface area (Å²) in [5, 5.41) is 3.78. The third-order valence-electron chi connectivity index (χ3n) is 9.44. The van der Waals surface area contributed by atoms with Crippen LogP contribution in [0, 0.1) is 17.8 Å². The summed E-state index contributed by atoms with van der Waals surface area (Å²) in [5.41, 5.74) is 1.84. The number of carbonyl (C=O) groups is 1. The molecule has 0 amide bonds. The summed E-state index contributed by atoms with van der Waals surface area (Å²) in [5.74, 6) is 1.29. The van der Waals surface area contributed by atoms with E-state index in [1.807, 2.05) is 0 Å². The fourth-order valence-electron chi connectivity index (χ4n) is 8.20. The maximum Gasteiger partial charge on any atom is 0.343 e. The maximum atomic E-state index is 12.3. The molecule has 1 aromatic carbocycles. The van der Waals surface area contributed by atoms with Crippen molar-refractivity contribution in [3.63, 3.8) is 0 Å². The van der Waals surface area contributed by atoms with Gasteiger partial charge in [0.25, 0.3) is 0 Å². The van der Waals surface area contributed by atoms with E-state index < -0.39 is 5.79 Å². The lowest BCUT2D eigenvalue weighted by atomic mass is 9.71. The summed E-state index contributed by atoms with van der Waals surface area (Å²) in [6.07, 6.45) is 3.31. The van der Waals surface area contributed by atoms with Gasteiger partial charge in [-0.1, -0.05) is 37.3 Å². The molecule has 6 aliphatic heterocycles. The van der Waals surface area contributed by atoms with Crippen molar-refractivity contribution in [2.45, 2.75) is 56.6 Å². The van der Waals surface area contributed by atoms with Crippen molar-refractivity contribution in [3.05, 3.63) is 58.7 Å². The van der Waals surface area contributed by atoms with E-state index in [0.717, 1.165) is 44.7 Å².